The van der Waals surface area contributed by atoms with Crippen LogP contribution in [0.5, 0.6) is 11.5 Å². The minimum Gasteiger partial charge on any atom is -0.493 e. The number of methoxy groups -OCH3 is 1. The Hall–Kier alpha value is -4.02. The lowest BCUT2D eigenvalue weighted by Crippen LogP contribution is -2.37. The summed E-state index contributed by atoms with van der Waals surface area (Å²) < 4.78 is 15.9. The largest absolute Gasteiger partial charge is 0.493 e. The molecule has 10 nitrogen and oxygen atoms in total. The van der Waals surface area contributed by atoms with Gasteiger partial charge in [0.05, 0.1) is 36.2 Å². The number of nitrogens with zero attached hydrogens (tertiary/aromatic N) is 1. The Morgan fingerprint density at radius 3 is 2.57 bits per heavy atom. The Bertz CT molecular complexity index is 1230. The molecule has 3 rings (SSSR count). The van der Waals surface area contributed by atoms with Crippen molar-refractivity contribution in [3.05, 3.63) is 76.2 Å². The third-order valence-electron chi connectivity index (χ3n) is 4.34. The maximum Gasteiger partial charge on any atom is 0.329 e. The van der Waals surface area contributed by atoms with E-state index < -0.39 is 17.7 Å². The Labute approximate surface area is 210 Å². The molecule has 0 unspecified atom stereocenters. The van der Waals surface area contributed by atoms with E-state index in [1.807, 2.05) is 0 Å². The van der Waals surface area contributed by atoms with Gasteiger partial charge >= 0.3 is 11.8 Å². The van der Waals surface area contributed by atoms with Crippen LogP contribution in [0.2, 0.25) is 10.0 Å². The number of benzene rings is 2. The Balaban J connectivity index is 1.50. The SMILES string of the molecule is COc1cc(/C=N\NC(=O)C(=O)NCc2ccco2)ccc1OCC(=O)Nc1ccc(Cl)c(Cl)c1. The van der Waals surface area contributed by atoms with E-state index in [9.17, 15) is 14.4 Å². The fraction of sp³-hybridized carbons (Fsp3) is 0.130. The lowest BCUT2D eigenvalue weighted by Gasteiger charge is -2.11. The highest BCUT2D eigenvalue weighted by atomic mass is 35.5. The van der Waals surface area contributed by atoms with E-state index in [0.717, 1.165) is 0 Å². The van der Waals surface area contributed by atoms with Crippen molar-refractivity contribution in [3.63, 3.8) is 0 Å². The molecule has 0 bridgehead atoms. The van der Waals surface area contributed by atoms with Crippen molar-refractivity contribution in [2.24, 2.45) is 5.10 Å². The molecule has 0 saturated carbocycles. The van der Waals surface area contributed by atoms with E-state index in [0.29, 0.717) is 38.6 Å². The predicted octanol–water partition coefficient (Wildman–Crippen LogP) is 3.38. The molecule has 0 spiro atoms. The molecule has 1 heterocycles. The zero-order chi connectivity index (χ0) is 25.2. The maximum atomic E-state index is 12.2. The Morgan fingerprint density at radius 1 is 1.03 bits per heavy atom. The van der Waals surface area contributed by atoms with Crippen LogP contribution in [0.3, 0.4) is 0 Å². The first kappa shape index (κ1) is 25.6. The van der Waals surface area contributed by atoms with Crippen LogP contribution in [-0.4, -0.2) is 37.7 Å². The summed E-state index contributed by atoms with van der Waals surface area (Å²) in [6.07, 6.45) is 2.78. The summed E-state index contributed by atoms with van der Waals surface area (Å²) in [5, 5.41) is 9.50. The number of halogens is 2. The van der Waals surface area contributed by atoms with Gasteiger partial charge in [0.2, 0.25) is 0 Å². The highest BCUT2D eigenvalue weighted by Crippen LogP contribution is 2.28. The summed E-state index contributed by atoms with van der Waals surface area (Å²) >= 11 is 11.8. The molecule has 3 N–H and O–H groups in total. The summed E-state index contributed by atoms with van der Waals surface area (Å²) in [7, 11) is 1.43. The average Bonchev–Trinajstić information content (AvgIpc) is 3.37. The fourth-order valence-corrected chi connectivity index (χ4v) is 2.97. The summed E-state index contributed by atoms with van der Waals surface area (Å²) in [4.78, 5) is 35.8. The lowest BCUT2D eigenvalue weighted by molar-refractivity contribution is -0.139. The number of hydrogen-bond donors (Lipinski definition) is 3. The molecule has 0 fully saturated rings. The molecular formula is C23H20Cl2N4O6. The van der Waals surface area contributed by atoms with E-state index in [1.165, 1.54) is 25.7 Å². The van der Waals surface area contributed by atoms with Gasteiger partial charge < -0.3 is 24.5 Å². The summed E-state index contributed by atoms with van der Waals surface area (Å²) in [6, 6.07) is 12.8. The van der Waals surface area contributed by atoms with Crippen molar-refractivity contribution in [2.75, 3.05) is 19.0 Å². The number of ether oxygens (including phenoxy) is 2. The third kappa shape index (κ3) is 7.76. The number of anilines is 1. The Kier molecular flexibility index (Phi) is 9.10. The van der Waals surface area contributed by atoms with Crippen molar-refractivity contribution in [2.45, 2.75) is 6.54 Å². The number of amides is 3. The van der Waals surface area contributed by atoms with Crippen LogP contribution >= 0.6 is 23.2 Å². The summed E-state index contributed by atoms with van der Waals surface area (Å²) in [5.74, 6) is -1.05. The minimum atomic E-state index is -0.937. The van der Waals surface area contributed by atoms with Gasteiger partial charge in [-0.3, -0.25) is 14.4 Å². The average molecular weight is 519 g/mol. The second-order valence-corrected chi connectivity index (χ2v) is 7.65. The van der Waals surface area contributed by atoms with Gasteiger partial charge in [-0.15, -0.1) is 0 Å². The molecule has 2 aromatic carbocycles. The molecule has 0 atom stereocenters. The fourth-order valence-electron chi connectivity index (χ4n) is 2.68. The highest BCUT2D eigenvalue weighted by molar-refractivity contribution is 6.42. The molecule has 0 saturated heterocycles. The van der Waals surface area contributed by atoms with Crippen LogP contribution in [0.4, 0.5) is 5.69 Å². The quantitative estimate of drug-likeness (QED) is 0.226. The van der Waals surface area contributed by atoms with Crippen molar-refractivity contribution in [1.82, 2.24) is 10.7 Å². The predicted molar refractivity (Wildman–Crippen MR) is 130 cm³/mol. The molecule has 0 aliphatic rings. The maximum absolute atomic E-state index is 12.2. The first-order valence-electron chi connectivity index (χ1n) is 10.0. The number of furan rings is 1. The first-order chi connectivity index (χ1) is 16.9. The highest BCUT2D eigenvalue weighted by Gasteiger charge is 2.13. The van der Waals surface area contributed by atoms with E-state index >= 15 is 0 Å². The normalized spacial score (nSPS) is 10.6. The minimum absolute atomic E-state index is 0.0765. The topological polar surface area (TPSA) is 131 Å². The molecule has 12 heteroatoms. The monoisotopic (exact) mass is 518 g/mol. The molecular weight excluding hydrogens is 499 g/mol. The number of hydrazone groups is 1. The van der Waals surface area contributed by atoms with Crippen LogP contribution in [-0.2, 0) is 20.9 Å². The number of carbonyl (C=O) groups is 3. The molecule has 182 valence electrons. The molecule has 0 aliphatic carbocycles. The van der Waals surface area contributed by atoms with E-state index in [4.69, 9.17) is 37.1 Å². The molecule has 3 aromatic rings. The van der Waals surface area contributed by atoms with Gasteiger partial charge in [-0.1, -0.05) is 23.2 Å². The van der Waals surface area contributed by atoms with Gasteiger partial charge in [0.1, 0.15) is 5.76 Å². The summed E-state index contributed by atoms with van der Waals surface area (Å²) in [5.41, 5.74) is 3.15. The zero-order valence-electron chi connectivity index (χ0n) is 18.3. The summed E-state index contributed by atoms with van der Waals surface area (Å²) in [6.45, 7) is -0.208. The smallest absolute Gasteiger partial charge is 0.329 e. The molecule has 35 heavy (non-hydrogen) atoms. The van der Waals surface area contributed by atoms with Crippen LogP contribution in [0.1, 0.15) is 11.3 Å². The molecule has 1 aromatic heterocycles. The van der Waals surface area contributed by atoms with Gasteiger partial charge in [0.25, 0.3) is 5.91 Å². The second kappa shape index (κ2) is 12.4. The van der Waals surface area contributed by atoms with E-state index in [2.05, 4.69) is 21.2 Å². The zero-order valence-corrected chi connectivity index (χ0v) is 19.9. The molecule has 3 amide bonds. The van der Waals surface area contributed by atoms with Crippen LogP contribution < -0.4 is 25.5 Å². The van der Waals surface area contributed by atoms with E-state index in [1.54, 1.807) is 42.5 Å². The number of carbonyl (C=O) groups excluding carboxylic acids is 3. The van der Waals surface area contributed by atoms with E-state index in [-0.39, 0.29) is 13.2 Å². The van der Waals surface area contributed by atoms with Crippen LogP contribution in [0.25, 0.3) is 0 Å². The van der Waals surface area contributed by atoms with Crippen molar-refractivity contribution in [1.29, 1.82) is 0 Å². The lowest BCUT2D eigenvalue weighted by atomic mass is 10.2. The van der Waals surface area contributed by atoms with Gasteiger partial charge in [0.15, 0.2) is 18.1 Å². The number of hydrogen-bond acceptors (Lipinski definition) is 7. The van der Waals surface area contributed by atoms with Crippen molar-refractivity contribution >= 4 is 52.8 Å². The van der Waals surface area contributed by atoms with Crippen molar-refractivity contribution in [3.8, 4) is 11.5 Å². The van der Waals surface area contributed by atoms with Crippen LogP contribution in [0, 0.1) is 0 Å². The van der Waals surface area contributed by atoms with Crippen molar-refractivity contribution < 1.29 is 28.3 Å². The van der Waals surface area contributed by atoms with Crippen LogP contribution in [0.15, 0.2) is 64.3 Å². The standard InChI is InChI=1S/C23H20Cl2N4O6/c1-33-20-9-14(11-27-29-23(32)22(31)26-12-16-3-2-8-34-16)4-7-19(20)35-13-21(30)28-15-5-6-17(24)18(25)10-15/h2-11H,12-13H2,1H3,(H,26,31)(H,28,30)(H,29,32)/b27-11-. The first-order valence-corrected chi connectivity index (χ1v) is 10.8. The molecule has 0 aliphatic heterocycles. The van der Waals surface area contributed by atoms with Gasteiger partial charge in [-0.2, -0.15) is 5.10 Å². The Morgan fingerprint density at radius 2 is 1.86 bits per heavy atom. The van der Waals surface area contributed by atoms with Gasteiger partial charge in [0, 0.05) is 5.69 Å². The van der Waals surface area contributed by atoms with Gasteiger partial charge in [-0.25, -0.2) is 5.43 Å². The third-order valence-corrected chi connectivity index (χ3v) is 5.08. The second-order valence-electron chi connectivity index (χ2n) is 6.84. The van der Waals surface area contributed by atoms with Gasteiger partial charge in [-0.05, 0) is 54.1 Å². The number of nitrogens with one attached hydrogen (secondary N) is 3. The molecule has 0 radical (unpaired) electrons. The number of rotatable bonds is 9.